The zero-order valence-corrected chi connectivity index (χ0v) is 10.7. The van der Waals surface area contributed by atoms with Crippen molar-refractivity contribution in [3.05, 3.63) is 0 Å². The van der Waals surface area contributed by atoms with Crippen LogP contribution in [0.25, 0.3) is 0 Å². The average molecular weight is 281 g/mol. The second-order valence-electron chi connectivity index (χ2n) is 4.52. The first-order chi connectivity index (χ1) is 8.82. The SMILES string of the molecule is CCNC(=O)NC(=O)CN1CCC[C@H](C(F)(F)F)C1. The minimum absolute atomic E-state index is 0.0952. The lowest BCUT2D eigenvalue weighted by Gasteiger charge is -2.33. The van der Waals surface area contributed by atoms with Gasteiger partial charge in [-0.1, -0.05) is 0 Å². The van der Waals surface area contributed by atoms with Crippen molar-refractivity contribution in [2.45, 2.75) is 25.9 Å². The number of piperidine rings is 1. The number of alkyl halides is 3. The van der Waals surface area contributed by atoms with Crippen LogP contribution >= 0.6 is 0 Å². The summed E-state index contributed by atoms with van der Waals surface area (Å²) in [6.07, 6.45) is -3.73. The van der Waals surface area contributed by atoms with Crippen LogP contribution in [0.4, 0.5) is 18.0 Å². The highest BCUT2D eigenvalue weighted by molar-refractivity contribution is 5.95. The van der Waals surface area contributed by atoms with Crippen molar-refractivity contribution in [2.75, 3.05) is 26.2 Å². The number of likely N-dealkylation sites (tertiary alicyclic amines) is 1. The van der Waals surface area contributed by atoms with Gasteiger partial charge in [-0.15, -0.1) is 0 Å². The van der Waals surface area contributed by atoms with Gasteiger partial charge in [-0.2, -0.15) is 13.2 Å². The summed E-state index contributed by atoms with van der Waals surface area (Å²) >= 11 is 0. The number of carbonyl (C=O) groups excluding carboxylic acids is 2. The summed E-state index contributed by atoms with van der Waals surface area (Å²) in [5.74, 6) is -1.98. The standard InChI is InChI=1S/C11H18F3N3O2/c1-2-15-10(19)16-9(18)7-17-5-3-4-8(6-17)11(12,13)14/h8H,2-7H2,1H3,(H2,15,16,18,19)/t8-/m0/s1. The molecule has 0 saturated carbocycles. The van der Waals surface area contributed by atoms with Gasteiger partial charge >= 0.3 is 12.2 Å². The number of halogens is 3. The molecule has 0 aliphatic carbocycles. The maximum absolute atomic E-state index is 12.6. The Kier molecular flexibility index (Phi) is 5.59. The molecular formula is C11H18F3N3O2. The molecule has 0 aromatic carbocycles. The molecule has 1 aliphatic rings. The molecule has 0 unspecified atom stereocenters. The Morgan fingerprint density at radius 3 is 2.63 bits per heavy atom. The highest BCUT2D eigenvalue weighted by Crippen LogP contribution is 2.32. The largest absolute Gasteiger partial charge is 0.393 e. The molecule has 0 radical (unpaired) electrons. The van der Waals surface area contributed by atoms with Crippen molar-refractivity contribution in [1.29, 1.82) is 0 Å². The summed E-state index contributed by atoms with van der Waals surface area (Å²) in [7, 11) is 0. The molecule has 1 rings (SSSR count). The highest BCUT2D eigenvalue weighted by atomic mass is 19.4. The molecule has 2 N–H and O–H groups in total. The van der Waals surface area contributed by atoms with E-state index in [1.54, 1.807) is 6.92 Å². The maximum Gasteiger partial charge on any atom is 0.393 e. The van der Waals surface area contributed by atoms with Gasteiger partial charge in [-0.05, 0) is 26.3 Å². The molecule has 5 nitrogen and oxygen atoms in total. The number of nitrogens with one attached hydrogen (secondary N) is 2. The Hall–Kier alpha value is -1.31. The zero-order valence-electron chi connectivity index (χ0n) is 10.7. The molecule has 110 valence electrons. The Bertz CT molecular complexity index is 334. The number of urea groups is 1. The number of hydrogen-bond donors (Lipinski definition) is 2. The number of rotatable bonds is 3. The lowest BCUT2D eigenvalue weighted by Crippen LogP contribution is -2.48. The summed E-state index contributed by atoms with van der Waals surface area (Å²) < 4.78 is 37.7. The van der Waals surface area contributed by atoms with Gasteiger partial charge in [-0.25, -0.2) is 4.79 Å². The van der Waals surface area contributed by atoms with Crippen LogP contribution in [-0.2, 0) is 4.79 Å². The van der Waals surface area contributed by atoms with Crippen molar-refractivity contribution in [2.24, 2.45) is 5.92 Å². The van der Waals surface area contributed by atoms with E-state index >= 15 is 0 Å². The fraction of sp³-hybridized carbons (Fsp3) is 0.818. The van der Waals surface area contributed by atoms with Gasteiger partial charge < -0.3 is 5.32 Å². The van der Waals surface area contributed by atoms with E-state index in [4.69, 9.17) is 0 Å². The van der Waals surface area contributed by atoms with E-state index in [-0.39, 0.29) is 19.5 Å². The summed E-state index contributed by atoms with van der Waals surface area (Å²) in [4.78, 5) is 24.0. The lowest BCUT2D eigenvalue weighted by molar-refractivity contribution is -0.187. The second-order valence-corrected chi connectivity index (χ2v) is 4.52. The molecule has 0 aromatic heterocycles. The van der Waals surface area contributed by atoms with Crippen molar-refractivity contribution in [3.8, 4) is 0 Å². The number of hydrogen-bond acceptors (Lipinski definition) is 3. The molecule has 0 bridgehead atoms. The van der Waals surface area contributed by atoms with Gasteiger partial charge in [-0.3, -0.25) is 15.0 Å². The van der Waals surface area contributed by atoms with Crippen LogP contribution in [0.2, 0.25) is 0 Å². The van der Waals surface area contributed by atoms with Crippen LogP contribution in [0.15, 0.2) is 0 Å². The van der Waals surface area contributed by atoms with Gasteiger partial charge in [0.15, 0.2) is 0 Å². The third-order valence-electron chi connectivity index (χ3n) is 2.93. The Balaban J connectivity index is 2.40. The van der Waals surface area contributed by atoms with Crippen LogP contribution in [0.5, 0.6) is 0 Å². The van der Waals surface area contributed by atoms with Crippen LogP contribution in [0.1, 0.15) is 19.8 Å². The van der Waals surface area contributed by atoms with Gasteiger partial charge in [0.25, 0.3) is 0 Å². The molecule has 0 aromatic rings. The van der Waals surface area contributed by atoms with Crippen molar-refractivity contribution in [3.63, 3.8) is 0 Å². The predicted molar refractivity (Wildman–Crippen MR) is 62.4 cm³/mol. The molecule has 1 aliphatic heterocycles. The van der Waals surface area contributed by atoms with Crippen molar-refractivity contribution >= 4 is 11.9 Å². The quantitative estimate of drug-likeness (QED) is 0.814. The smallest absolute Gasteiger partial charge is 0.338 e. The second kappa shape index (κ2) is 6.74. The zero-order chi connectivity index (χ0) is 14.5. The first-order valence-corrected chi connectivity index (χ1v) is 6.19. The third kappa shape index (κ3) is 5.46. The van der Waals surface area contributed by atoms with Crippen LogP contribution in [-0.4, -0.2) is 49.2 Å². The summed E-state index contributed by atoms with van der Waals surface area (Å²) in [5, 5.41) is 4.45. The van der Waals surface area contributed by atoms with Crippen molar-refractivity contribution in [1.82, 2.24) is 15.5 Å². The fourth-order valence-electron chi connectivity index (χ4n) is 2.04. The predicted octanol–water partition coefficient (Wildman–Crippen LogP) is 1.11. The van der Waals surface area contributed by atoms with E-state index in [2.05, 4.69) is 10.6 Å². The number of carbonyl (C=O) groups is 2. The van der Waals surface area contributed by atoms with E-state index in [1.807, 2.05) is 0 Å². The maximum atomic E-state index is 12.6. The van der Waals surface area contributed by atoms with Crippen LogP contribution in [0.3, 0.4) is 0 Å². The van der Waals surface area contributed by atoms with Crippen LogP contribution < -0.4 is 10.6 Å². The first kappa shape index (κ1) is 15.7. The van der Waals surface area contributed by atoms with Gasteiger partial charge in [0.2, 0.25) is 5.91 Å². The minimum atomic E-state index is -4.23. The fourth-order valence-corrected chi connectivity index (χ4v) is 2.04. The van der Waals surface area contributed by atoms with E-state index in [0.717, 1.165) is 0 Å². The monoisotopic (exact) mass is 281 g/mol. The summed E-state index contributed by atoms with van der Waals surface area (Å²) in [6, 6.07) is -0.628. The third-order valence-corrected chi connectivity index (χ3v) is 2.93. The van der Waals surface area contributed by atoms with Crippen molar-refractivity contribution < 1.29 is 22.8 Å². The number of nitrogens with zero attached hydrogens (tertiary/aromatic N) is 1. The molecule has 1 saturated heterocycles. The first-order valence-electron chi connectivity index (χ1n) is 6.19. The Morgan fingerprint density at radius 1 is 1.37 bits per heavy atom. The number of imide groups is 1. The Labute approximate surface area is 109 Å². The van der Waals surface area contributed by atoms with E-state index in [1.165, 1.54) is 4.90 Å². The van der Waals surface area contributed by atoms with Gasteiger partial charge in [0.05, 0.1) is 12.5 Å². The molecular weight excluding hydrogens is 263 g/mol. The molecule has 1 fully saturated rings. The molecule has 8 heteroatoms. The average Bonchev–Trinajstić information content (AvgIpc) is 2.28. The number of amides is 3. The van der Waals surface area contributed by atoms with E-state index in [0.29, 0.717) is 19.5 Å². The summed E-state index contributed by atoms with van der Waals surface area (Å²) in [5.41, 5.74) is 0. The molecule has 3 amide bonds. The lowest BCUT2D eigenvalue weighted by atomic mass is 9.97. The molecule has 1 heterocycles. The Morgan fingerprint density at radius 2 is 2.05 bits per heavy atom. The van der Waals surface area contributed by atoms with E-state index in [9.17, 15) is 22.8 Å². The molecule has 0 spiro atoms. The molecule has 1 atom stereocenters. The minimum Gasteiger partial charge on any atom is -0.338 e. The van der Waals surface area contributed by atoms with Gasteiger partial charge in [0.1, 0.15) is 0 Å². The normalized spacial score (nSPS) is 20.9. The molecule has 19 heavy (non-hydrogen) atoms. The van der Waals surface area contributed by atoms with E-state index < -0.39 is 24.0 Å². The van der Waals surface area contributed by atoms with Crippen LogP contribution in [0, 0.1) is 5.92 Å². The van der Waals surface area contributed by atoms with Gasteiger partial charge in [0, 0.05) is 13.1 Å². The summed E-state index contributed by atoms with van der Waals surface area (Å²) in [6.45, 7) is 2.13. The highest BCUT2D eigenvalue weighted by Gasteiger charge is 2.41. The topological polar surface area (TPSA) is 61.4 Å².